The number of nitrogens with one attached hydrogen (secondary N) is 2. The molecule has 0 aromatic carbocycles. The van der Waals surface area contributed by atoms with E-state index in [4.69, 9.17) is 16.3 Å². The van der Waals surface area contributed by atoms with Crippen LogP contribution in [0.25, 0.3) is 11.0 Å². The summed E-state index contributed by atoms with van der Waals surface area (Å²) in [6, 6.07) is 2.76. The Kier molecular flexibility index (Phi) is 10.8. The molecule has 3 aromatic heterocycles. The first-order valence-corrected chi connectivity index (χ1v) is 13.6. The van der Waals surface area contributed by atoms with E-state index in [1.54, 1.807) is 20.2 Å². The second-order valence-corrected chi connectivity index (χ2v) is 10.9. The van der Waals surface area contributed by atoms with Gasteiger partial charge in [-0.25, -0.2) is 14.2 Å². The van der Waals surface area contributed by atoms with E-state index in [-0.39, 0.29) is 53.4 Å². The van der Waals surface area contributed by atoms with Crippen molar-refractivity contribution in [1.29, 1.82) is 0 Å². The van der Waals surface area contributed by atoms with Gasteiger partial charge in [0.15, 0.2) is 11.9 Å². The monoisotopic (exact) mass is 603 g/mol. The molecule has 0 aliphatic carbocycles. The molecular weight excluding hydrogens is 569 g/mol. The van der Waals surface area contributed by atoms with E-state index in [0.717, 1.165) is 6.20 Å². The molecule has 3 aromatic rings. The average Bonchev–Trinajstić information content (AvgIpc) is 3.36. The first-order valence-electron chi connectivity index (χ1n) is 13.3. The zero-order valence-electron chi connectivity index (χ0n) is 24.4. The molecule has 0 aliphatic rings. The van der Waals surface area contributed by atoms with Crippen LogP contribution in [-0.2, 0) is 27.3 Å². The quantitative estimate of drug-likeness (QED) is 0.252. The van der Waals surface area contributed by atoms with Crippen molar-refractivity contribution in [3.63, 3.8) is 0 Å². The fourth-order valence-corrected chi connectivity index (χ4v) is 4.09. The number of pyridine rings is 2. The Morgan fingerprint density at radius 3 is 2.55 bits per heavy atom. The smallest absolute Gasteiger partial charge is 0.410 e. The fraction of sp³-hybridized carbons (Fsp3) is 0.429. The van der Waals surface area contributed by atoms with E-state index < -0.39 is 29.5 Å². The van der Waals surface area contributed by atoms with Crippen molar-refractivity contribution in [1.82, 2.24) is 29.3 Å². The Labute approximate surface area is 247 Å². The van der Waals surface area contributed by atoms with Gasteiger partial charge in [0.1, 0.15) is 22.2 Å². The van der Waals surface area contributed by atoms with Gasteiger partial charge in [0, 0.05) is 28.2 Å². The van der Waals surface area contributed by atoms with Gasteiger partial charge in [-0.2, -0.15) is 0 Å². The number of nitrogens with zero attached hydrogens (tertiary/aromatic N) is 5. The second kappa shape index (κ2) is 14.1. The highest BCUT2D eigenvalue weighted by Gasteiger charge is 2.25. The van der Waals surface area contributed by atoms with Crippen LogP contribution in [0, 0.1) is 11.7 Å². The molecule has 226 valence electrons. The van der Waals surface area contributed by atoms with Gasteiger partial charge in [0.05, 0.1) is 24.0 Å². The van der Waals surface area contributed by atoms with Gasteiger partial charge in [0.2, 0.25) is 5.91 Å². The van der Waals surface area contributed by atoms with E-state index in [0.29, 0.717) is 17.6 Å². The minimum Gasteiger partial charge on any atom is -0.436 e. The lowest BCUT2D eigenvalue weighted by Gasteiger charge is -2.20. The summed E-state index contributed by atoms with van der Waals surface area (Å²) in [6.45, 7) is 3.89. The van der Waals surface area contributed by atoms with Crippen LogP contribution in [0.2, 0.25) is 5.15 Å². The number of anilines is 1. The molecule has 3 rings (SSSR count). The highest BCUT2D eigenvalue weighted by atomic mass is 35.5. The number of aromatic amines is 1. The van der Waals surface area contributed by atoms with E-state index in [9.17, 15) is 23.6 Å². The molecule has 2 N–H and O–H groups in total. The molecule has 0 fully saturated rings. The van der Waals surface area contributed by atoms with Crippen LogP contribution in [0.15, 0.2) is 35.3 Å². The van der Waals surface area contributed by atoms with Gasteiger partial charge in [-0.05, 0) is 43.4 Å². The van der Waals surface area contributed by atoms with E-state index in [1.165, 1.54) is 46.7 Å². The highest BCUT2D eigenvalue weighted by Crippen LogP contribution is 2.21. The summed E-state index contributed by atoms with van der Waals surface area (Å²) in [4.78, 5) is 64.6. The summed E-state index contributed by atoms with van der Waals surface area (Å²) in [5.41, 5.74) is 0.443. The third kappa shape index (κ3) is 8.15. The van der Waals surface area contributed by atoms with Crippen LogP contribution in [0.1, 0.15) is 38.2 Å². The van der Waals surface area contributed by atoms with Crippen molar-refractivity contribution in [3.8, 4) is 0 Å². The van der Waals surface area contributed by atoms with E-state index in [1.807, 2.05) is 13.8 Å². The SMILES string of the molecule is CC(C)Cc1ncc(F)c2nc(Cn3c(Cl)ccc(NC(=O)[C@H](CC/C=C/C(=O)N(C)C)OC(=O)N(C)C)c3=O)[nH]c12. The minimum atomic E-state index is -1.26. The van der Waals surface area contributed by atoms with Crippen molar-refractivity contribution in [3.05, 3.63) is 63.3 Å². The van der Waals surface area contributed by atoms with Crippen LogP contribution in [0.5, 0.6) is 0 Å². The van der Waals surface area contributed by atoms with Crippen molar-refractivity contribution in [2.24, 2.45) is 5.92 Å². The number of fused-ring (bicyclic) bond motifs is 1. The molecule has 0 saturated carbocycles. The lowest BCUT2D eigenvalue weighted by atomic mass is 10.1. The molecular formula is C28H35ClFN7O5. The normalized spacial score (nSPS) is 12.1. The largest absolute Gasteiger partial charge is 0.436 e. The summed E-state index contributed by atoms with van der Waals surface area (Å²) in [6.07, 6.45) is 2.94. The van der Waals surface area contributed by atoms with Crippen molar-refractivity contribution in [2.75, 3.05) is 33.5 Å². The number of H-pyrrole nitrogens is 1. The van der Waals surface area contributed by atoms with Gasteiger partial charge >= 0.3 is 6.09 Å². The Balaban J connectivity index is 1.85. The maximum Gasteiger partial charge on any atom is 0.410 e. The highest BCUT2D eigenvalue weighted by molar-refractivity contribution is 6.29. The third-order valence-corrected chi connectivity index (χ3v) is 6.42. The molecule has 42 heavy (non-hydrogen) atoms. The Hall–Kier alpha value is -4.26. The Bertz CT molecular complexity index is 1550. The zero-order chi connectivity index (χ0) is 31.1. The number of imidazole rings is 1. The average molecular weight is 604 g/mol. The van der Waals surface area contributed by atoms with Crippen molar-refractivity contribution in [2.45, 2.75) is 45.8 Å². The van der Waals surface area contributed by atoms with Crippen LogP contribution in [0.3, 0.4) is 0 Å². The summed E-state index contributed by atoms with van der Waals surface area (Å²) in [7, 11) is 6.15. The van der Waals surface area contributed by atoms with Gasteiger partial charge in [0.25, 0.3) is 11.5 Å². The molecule has 0 saturated heterocycles. The molecule has 0 unspecified atom stereocenters. The van der Waals surface area contributed by atoms with Gasteiger partial charge in [-0.3, -0.25) is 23.9 Å². The fourth-order valence-electron chi connectivity index (χ4n) is 3.89. The lowest BCUT2D eigenvalue weighted by Crippen LogP contribution is -2.37. The number of ether oxygens (including phenoxy) is 1. The number of rotatable bonds is 11. The van der Waals surface area contributed by atoms with Crippen LogP contribution in [-0.4, -0.2) is 81.5 Å². The number of allylic oxidation sites excluding steroid dienone is 1. The first kappa shape index (κ1) is 32.3. The topological polar surface area (TPSA) is 143 Å². The predicted molar refractivity (Wildman–Crippen MR) is 157 cm³/mol. The molecule has 0 radical (unpaired) electrons. The molecule has 3 heterocycles. The van der Waals surface area contributed by atoms with Crippen molar-refractivity contribution >= 4 is 46.2 Å². The summed E-state index contributed by atoms with van der Waals surface area (Å²) in [5, 5.41) is 2.58. The summed E-state index contributed by atoms with van der Waals surface area (Å²) >= 11 is 6.33. The number of hydrogen-bond donors (Lipinski definition) is 2. The van der Waals surface area contributed by atoms with Gasteiger partial charge in [-0.15, -0.1) is 0 Å². The molecule has 3 amide bonds. The van der Waals surface area contributed by atoms with E-state index in [2.05, 4.69) is 20.3 Å². The van der Waals surface area contributed by atoms with Gasteiger partial charge < -0.3 is 24.8 Å². The second-order valence-electron chi connectivity index (χ2n) is 10.5. The molecule has 12 nitrogen and oxygen atoms in total. The summed E-state index contributed by atoms with van der Waals surface area (Å²) in [5.74, 6) is -1.03. The summed E-state index contributed by atoms with van der Waals surface area (Å²) < 4.78 is 21.0. The standard InChI is InChI=1S/C28H35ClFN7O5/c1-16(2)13-19-25-24(17(30)14-31-19)33-22(34-25)15-37-21(29)12-11-18(27(37)40)32-26(39)20(42-28(41)36(5)6)9-7-8-10-23(38)35(3)4/h8,10-12,14,16,20H,7,9,13,15H2,1-6H3,(H,32,39)(H,33,34)/b10-8+/t20-/m0/s1. The number of amides is 3. The number of aromatic nitrogens is 4. The third-order valence-electron chi connectivity index (χ3n) is 6.09. The first-order chi connectivity index (χ1) is 19.8. The van der Waals surface area contributed by atoms with Crippen LogP contribution < -0.4 is 10.9 Å². The number of carbonyl (C=O) groups is 3. The zero-order valence-corrected chi connectivity index (χ0v) is 25.2. The number of likely N-dealkylation sites (N-methyl/N-ethyl adjacent to an activating group) is 1. The predicted octanol–water partition coefficient (Wildman–Crippen LogP) is 3.59. The number of halogens is 2. The van der Waals surface area contributed by atoms with Gasteiger partial charge in [-0.1, -0.05) is 31.5 Å². The Morgan fingerprint density at radius 1 is 1.19 bits per heavy atom. The molecule has 1 atom stereocenters. The molecule has 0 aliphatic heterocycles. The van der Waals surface area contributed by atoms with Crippen LogP contribution >= 0.6 is 11.6 Å². The lowest BCUT2D eigenvalue weighted by molar-refractivity contribution is -0.125. The van der Waals surface area contributed by atoms with Crippen molar-refractivity contribution < 1.29 is 23.5 Å². The maximum atomic E-state index is 14.5. The van der Waals surface area contributed by atoms with E-state index >= 15 is 0 Å². The minimum absolute atomic E-state index is 0.0572. The molecule has 14 heteroatoms. The van der Waals surface area contributed by atoms with Crippen LogP contribution in [0.4, 0.5) is 14.9 Å². The maximum absolute atomic E-state index is 14.5. The molecule has 0 spiro atoms. The number of carbonyl (C=O) groups excluding carboxylic acids is 3. The Morgan fingerprint density at radius 2 is 1.90 bits per heavy atom. The molecule has 0 bridgehead atoms. The number of hydrogen-bond acceptors (Lipinski definition) is 7.